The van der Waals surface area contributed by atoms with E-state index >= 15 is 0 Å². The van der Waals surface area contributed by atoms with Gasteiger partial charge in [-0.25, -0.2) is 0 Å². The molecule has 0 aromatic carbocycles. The van der Waals surface area contributed by atoms with Crippen LogP contribution in [0.3, 0.4) is 0 Å². The van der Waals surface area contributed by atoms with Gasteiger partial charge >= 0.3 is 0 Å². The number of nitrogens with one attached hydrogen (secondary N) is 1. The molecule has 1 heterocycles. The SMILES string of the molecule is CC(C)(C)NC(=O)CN1CC(CN)OC(C)(C)C1. The molecule has 0 radical (unpaired) electrons. The van der Waals surface area contributed by atoms with Crippen LogP contribution in [-0.4, -0.2) is 54.2 Å². The van der Waals surface area contributed by atoms with Gasteiger partial charge in [0.25, 0.3) is 0 Å². The average molecular weight is 257 g/mol. The zero-order valence-corrected chi connectivity index (χ0v) is 12.2. The number of carbonyl (C=O) groups excluding carboxylic acids is 1. The Morgan fingerprint density at radius 1 is 1.50 bits per heavy atom. The van der Waals surface area contributed by atoms with Gasteiger partial charge in [0, 0.05) is 25.2 Å². The van der Waals surface area contributed by atoms with Gasteiger partial charge in [0.15, 0.2) is 0 Å². The molecule has 1 saturated heterocycles. The Morgan fingerprint density at radius 2 is 2.11 bits per heavy atom. The van der Waals surface area contributed by atoms with Crippen LogP contribution in [0.25, 0.3) is 0 Å². The van der Waals surface area contributed by atoms with Crippen LogP contribution in [0.15, 0.2) is 0 Å². The van der Waals surface area contributed by atoms with Crippen molar-refractivity contribution in [3.05, 3.63) is 0 Å². The summed E-state index contributed by atoms with van der Waals surface area (Å²) in [6.45, 7) is 12.4. The van der Waals surface area contributed by atoms with Crippen LogP contribution >= 0.6 is 0 Å². The van der Waals surface area contributed by atoms with E-state index in [0.717, 1.165) is 13.1 Å². The predicted octanol–water partition coefficient (Wildman–Crippen LogP) is 0.339. The average Bonchev–Trinajstić information content (AvgIpc) is 2.11. The Bertz CT molecular complexity index is 297. The Labute approximate surface area is 110 Å². The molecule has 0 spiro atoms. The molecule has 5 heteroatoms. The van der Waals surface area contributed by atoms with Gasteiger partial charge in [-0.2, -0.15) is 0 Å². The second kappa shape index (κ2) is 5.55. The standard InChI is InChI=1S/C13H27N3O2/c1-12(2,3)15-11(17)8-16-7-10(6-14)18-13(4,5)9-16/h10H,6-9,14H2,1-5H3,(H,15,17). The van der Waals surface area contributed by atoms with E-state index in [1.165, 1.54) is 0 Å². The van der Waals surface area contributed by atoms with Gasteiger partial charge in [0.1, 0.15) is 0 Å². The normalized spacial score (nSPS) is 24.9. The van der Waals surface area contributed by atoms with E-state index in [0.29, 0.717) is 13.1 Å². The molecule has 106 valence electrons. The van der Waals surface area contributed by atoms with Crippen molar-refractivity contribution < 1.29 is 9.53 Å². The molecule has 1 fully saturated rings. The number of rotatable bonds is 3. The van der Waals surface area contributed by atoms with Crippen LogP contribution in [-0.2, 0) is 9.53 Å². The summed E-state index contributed by atoms with van der Waals surface area (Å²) >= 11 is 0. The van der Waals surface area contributed by atoms with Crippen molar-refractivity contribution in [3.8, 4) is 0 Å². The molecule has 0 saturated carbocycles. The predicted molar refractivity (Wildman–Crippen MR) is 72.3 cm³/mol. The molecule has 1 unspecified atom stereocenters. The van der Waals surface area contributed by atoms with E-state index in [1.807, 2.05) is 34.6 Å². The van der Waals surface area contributed by atoms with Gasteiger partial charge < -0.3 is 15.8 Å². The number of morpholine rings is 1. The van der Waals surface area contributed by atoms with Crippen LogP contribution in [0.4, 0.5) is 0 Å². The molecule has 18 heavy (non-hydrogen) atoms. The van der Waals surface area contributed by atoms with Crippen LogP contribution in [0.5, 0.6) is 0 Å². The number of hydrogen-bond donors (Lipinski definition) is 2. The summed E-state index contributed by atoms with van der Waals surface area (Å²) in [5.41, 5.74) is 5.23. The maximum Gasteiger partial charge on any atom is 0.234 e. The van der Waals surface area contributed by atoms with Crippen molar-refractivity contribution in [3.63, 3.8) is 0 Å². The highest BCUT2D eigenvalue weighted by atomic mass is 16.5. The van der Waals surface area contributed by atoms with E-state index in [2.05, 4.69) is 10.2 Å². The first-order valence-corrected chi connectivity index (χ1v) is 6.52. The molecule has 0 aliphatic carbocycles. The summed E-state index contributed by atoms with van der Waals surface area (Å²) < 4.78 is 5.84. The maximum absolute atomic E-state index is 11.9. The molecule has 3 N–H and O–H groups in total. The molecule has 0 bridgehead atoms. The molecule has 1 rings (SSSR count). The minimum Gasteiger partial charge on any atom is -0.368 e. The first kappa shape index (κ1) is 15.4. The summed E-state index contributed by atoms with van der Waals surface area (Å²) in [4.78, 5) is 14.0. The molecule has 0 aromatic heterocycles. The number of amides is 1. The fourth-order valence-corrected chi connectivity index (χ4v) is 2.32. The van der Waals surface area contributed by atoms with E-state index in [-0.39, 0.29) is 23.2 Å². The van der Waals surface area contributed by atoms with Gasteiger partial charge in [-0.05, 0) is 34.6 Å². The lowest BCUT2D eigenvalue weighted by Gasteiger charge is -2.42. The summed E-state index contributed by atoms with van der Waals surface area (Å²) in [6.07, 6.45) is 0.0104. The fourth-order valence-electron chi connectivity index (χ4n) is 2.32. The fraction of sp³-hybridized carbons (Fsp3) is 0.923. The molecular weight excluding hydrogens is 230 g/mol. The van der Waals surface area contributed by atoms with Crippen molar-refractivity contribution in [2.24, 2.45) is 5.73 Å². The topological polar surface area (TPSA) is 67.6 Å². The van der Waals surface area contributed by atoms with Crippen LogP contribution in [0.1, 0.15) is 34.6 Å². The van der Waals surface area contributed by atoms with Gasteiger partial charge in [-0.15, -0.1) is 0 Å². The molecular formula is C13H27N3O2. The summed E-state index contributed by atoms with van der Waals surface area (Å²) in [5, 5.41) is 2.97. The first-order valence-electron chi connectivity index (χ1n) is 6.52. The van der Waals surface area contributed by atoms with E-state index < -0.39 is 0 Å². The minimum absolute atomic E-state index is 0.0104. The van der Waals surface area contributed by atoms with Gasteiger partial charge in [-0.1, -0.05) is 0 Å². The summed E-state index contributed by atoms with van der Waals surface area (Å²) in [7, 11) is 0. The zero-order valence-electron chi connectivity index (χ0n) is 12.2. The summed E-state index contributed by atoms with van der Waals surface area (Å²) in [6, 6.07) is 0. The van der Waals surface area contributed by atoms with Crippen LogP contribution < -0.4 is 11.1 Å². The van der Waals surface area contributed by atoms with E-state index in [4.69, 9.17) is 10.5 Å². The minimum atomic E-state index is -0.246. The first-order chi connectivity index (χ1) is 8.11. The number of ether oxygens (including phenoxy) is 1. The molecule has 1 amide bonds. The molecule has 5 nitrogen and oxygen atoms in total. The number of carbonyl (C=O) groups is 1. The lowest BCUT2D eigenvalue weighted by molar-refractivity contribution is -0.141. The third-order valence-corrected chi connectivity index (χ3v) is 2.70. The van der Waals surface area contributed by atoms with Crippen molar-refractivity contribution in [2.45, 2.75) is 51.9 Å². The highest BCUT2D eigenvalue weighted by Gasteiger charge is 2.33. The van der Waals surface area contributed by atoms with Crippen LogP contribution in [0, 0.1) is 0 Å². The maximum atomic E-state index is 11.9. The third-order valence-electron chi connectivity index (χ3n) is 2.70. The Kier molecular flexibility index (Phi) is 4.75. The quantitative estimate of drug-likeness (QED) is 0.765. The summed E-state index contributed by atoms with van der Waals surface area (Å²) in [5.74, 6) is 0.0518. The number of nitrogens with zero attached hydrogens (tertiary/aromatic N) is 1. The molecule has 1 aliphatic rings. The van der Waals surface area contributed by atoms with Gasteiger partial charge in [0.05, 0.1) is 18.2 Å². The van der Waals surface area contributed by atoms with E-state index in [1.54, 1.807) is 0 Å². The van der Waals surface area contributed by atoms with Crippen molar-refractivity contribution in [1.29, 1.82) is 0 Å². The van der Waals surface area contributed by atoms with Crippen molar-refractivity contribution in [2.75, 3.05) is 26.2 Å². The Balaban J connectivity index is 2.53. The third kappa shape index (κ3) is 5.33. The highest BCUT2D eigenvalue weighted by Crippen LogP contribution is 2.20. The Morgan fingerprint density at radius 3 is 2.61 bits per heavy atom. The lowest BCUT2D eigenvalue weighted by Crippen LogP contribution is -2.57. The van der Waals surface area contributed by atoms with Gasteiger partial charge in [-0.3, -0.25) is 9.69 Å². The smallest absolute Gasteiger partial charge is 0.234 e. The molecule has 1 atom stereocenters. The van der Waals surface area contributed by atoms with E-state index in [9.17, 15) is 4.79 Å². The van der Waals surface area contributed by atoms with Crippen LogP contribution in [0.2, 0.25) is 0 Å². The lowest BCUT2D eigenvalue weighted by atomic mass is 10.0. The zero-order chi connectivity index (χ0) is 14.0. The van der Waals surface area contributed by atoms with Gasteiger partial charge in [0.2, 0.25) is 5.91 Å². The second-order valence-electron chi connectivity index (χ2n) is 6.70. The molecule has 1 aliphatic heterocycles. The number of nitrogens with two attached hydrogens (primary N) is 1. The second-order valence-corrected chi connectivity index (χ2v) is 6.70. The monoisotopic (exact) mass is 257 g/mol. The van der Waals surface area contributed by atoms with Crippen molar-refractivity contribution in [1.82, 2.24) is 10.2 Å². The Hall–Kier alpha value is -0.650. The number of hydrogen-bond acceptors (Lipinski definition) is 4. The largest absolute Gasteiger partial charge is 0.368 e. The molecule has 0 aromatic rings. The highest BCUT2D eigenvalue weighted by molar-refractivity contribution is 5.78. The van der Waals surface area contributed by atoms with Crippen molar-refractivity contribution >= 4 is 5.91 Å².